The molecular weight excluding hydrogens is 176 g/mol. The van der Waals surface area contributed by atoms with E-state index in [-0.39, 0.29) is 0 Å². The van der Waals surface area contributed by atoms with E-state index in [0.29, 0.717) is 6.04 Å². The maximum absolute atomic E-state index is 5.47. The summed E-state index contributed by atoms with van der Waals surface area (Å²) < 4.78 is 5.31. The average Bonchev–Trinajstić information content (AvgIpc) is 2.66. The van der Waals surface area contributed by atoms with E-state index in [1.807, 2.05) is 12.1 Å². The first-order valence-corrected chi connectivity index (χ1v) is 5.16. The van der Waals surface area contributed by atoms with Gasteiger partial charge >= 0.3 is 0 Å². The van der Waals surface area contributed by atoms with Crippen molar-refractivity contribution in [3.8, 4) is 0 Å². The molecular formula is C11H20N2O. The van der Waals surface area contributed by atoms with Crippen molar-refractivity contribution in [2.24, 2.45) is 5.73 Å². The molecule has 0 fully saturated rings. The van der Waals surface area contributed by atoms with Gasteiger partial charge in [-0.25, -0.2) is 0 Å². The van der Waals surface area contributed by atoms with Crippen LogP contribution in [0.4, 0.5) is 0 Å². The molecule has 1 unspecified atom stereocenters. The molecule has 0 amide bonds. The van der Waals surface area contributed by atoms with Crippen LogP contribution < -0.4 is 5.73 Å². The van der Waals surface area contributed by atoms with E-state index in [9.17, 15) is 0 Å². The first-order chi connectivity index (χ1) is 6.74. The molecule has 1 atom stereocenters. The van der Waals surface area contributed by atoms with Crippen LogP contribution in [0.5, 0.6) is 0 Å². The van der Waals surface area contributed by atoms with Crippen molar-refractivity contribution in [1.82, 2.24) is 4.90 Å². The fourth-order valence-corrected chi connectivity index (χ4v) is 1.44. The number of rotatable bonds is 6. The largest absolute Gasteiger partial charge is 0.469 e. The Morgan fingerprint density at radius 1 is 1.57 bits per heavy atom. The molecule has 1 rings (SSSR count). The standard InChI is InChI=1S/C11H20N2O/c1-10(13(2)7-4-6-12)9-11-5-3-8-14-11/h3,5,8,10H,4,6-7,9,12H2,1-2H3. The van der Waals surface area contributed by atoms with Gasteiger partial charge in [0, 0.05) is 12.5 Å². The van der Waals surface area contributed by atoms with E-state index in [4.69, 9.17) is 10.2 Å². The molecule has 1 aromatic heterocycles. The summed E-state index contributed by atoms with van der Waals surface area (Å²) in [7, 11) is 2.13. The summed E-state index contributed by atoms with van der Waals surface area (Å²) in [5.41, 5.74) is 5.47. The van der Waals surface area contributed by atoms with E-state index in [1.165, 1.54) is 0 Å². The lowest BCUT2D eigenvalue weighted by Crippen LogP contribution is -2.32. The van der Waals surface area contributed by atoms with Gasteiger partial charge in [0.05, 0.1) is 6.26 Å². The highest BCUT2D eigenvalue weighted by Crippen LogP contribution is 2.08. The van der Waals surface area contributed by atoms with Crippen molar-refractivity contribution in [3.63, 3.8) is 0 Å². The van der Waals surface area contributed by atoms with Gasteiger partial charge in [-0.1, -0.05) is 0 Å². The fourth-order valence-electron chi connectivity index (χ4n) is 1.44. The summed E-state index contributed by atoms with van der Waals surface area (Å²) >= 11 is 0. The minimum Gasteiger partial charge on any atom is -0.469 e. The molecule has 80 valence electrons. The molecule has 0 aliphatic rings. The number of likely N-dealkylation sites (N-methyl/N-ethyl adjacent to an activating group) is 1. The molecule has 1 aromatic rings. The summed E-state index contributed by atoms with van der Waals surface area (Å²) in [5.74, 6) is 1.05. The summed E-state index contributed by atoms with van der Waals surface area (Å²) in [6.45, 7) is 4.02. The van der Waals surface area contributed by atoms with E-state index in [0.717, 1.165) is 31.7 Å². The first-order valence-electron chi connectivity index (χ1n) is 5.16. The van der Waals surface area contributed by atoms with Crippen LogP contribution in [-0.2, 0) is 6.42 Å². The van der Waals surface area contributed by atoms with Crippen LogP contribution in [0.15, 0.2) is 22.8 Å². The van der Waals surface area contributed by atoms with Gasteiger partial charge in [-0.3, -0.25) is 0 Å². The van der Waals surface area contributed by atoms with Gasteiger partial charge < -0.3 is 15.1 Å². The Morgan fingerprint density at radius 2 is 2.36 bits per heavy atom. The summed E-state index contributed by atoms with van der Waals surface area (Å²) in [5, 5.41) is 0. The highest BCUT2D eigenvalue weighted by atomic mass is 16.3. The van der Waals surface area contributed by atoms with Crippen molar-refractivity contribution in [3.05, 3.63) is 24.2 Å². The average molecular weight is 196 g/mol. The lowest BCUT2D eigenvalue weighted by molar-refractivity contribution is 0.245. The Balaban J connectivity index is 2.30. The molecule has 3 heteroatoms. The SMILES string of the molecule is CC(Cc1ccco1)N(C)CCCN. The van der Waals surface area contributed by atoms with E-state index >= 15 is 0 Å². The molecule has 0 aromatic carbocycles. The van der Waals surface area contributed by atoms with E-state index < -0.39 is 0 Å². The Bertz CT molecular complexity index is 233. The third-order valence-electron chi connectivity index (χ3n) is 2.54. The van der Waals surface area contributed by atoms with Gasteiger partial charge in [0.25, 0.3) is 0 Å². The first kappa shape index (κ1) is 11.3. The zero-order valence-corrected chi connectivity index (χ0v) is 9.07. The Kier molecular flexibility index (Phi) is 4.70. The van der Waals surface area contributed by atoms with Gasteiger partial charge in [-0.15, -0.1) is 0 Å². The zero-order valence-electron chi connectivity index (χ0n) is 9.07. The molecule has 0 saturated carbocycles. The highest BCUT2D eigenvalue weighted by molar-refractivity contribution is 4.99. The minimum atomic E-state index is 0.507. The van der Waals surface area contributed by atoms with Crippen LogP contribution >= 0.6 is 0 Å². The maximum atomic E-state index is 5.47. The van der Waals surface area contributed by atoms with Crippen molar-refractivity contribution >= 4 is 0 Å². The monoisotopic (exact) mass is 196 g/mol. The molecule has 14 heavy (non-hydrogen) atoms. The lowest BCUT2D eigenvalue weighted by Gasteiger charge is -2.23. The second kappa shape index (κ2) is 5.83. The van der Waals surface area contributed by atoms with Gasteiger partial charge in [0.1, 0.15) is 5.76 Å². The lowest BCUT2D eigenvalue weighted by atomic mass is 10.1. The predicted octanol–water partition coefficient (Wildman–Crippen LogP) is 1.49. The molecule has 2 N–H and O–H groups in total. The predicted molar refractivity (Wildman–Crippen MR) is 58.2 cm³/mol. The van der Waals surface area contributed by atoms with Gasteiger partial charge in [-0.2, -0.15) is 0 Å². The van der Waals surface area contributed by atoms with Crippen molar-refractivity contribution < 1.29 is 4.42 Å². The Labute approximate surface area is 85.9 Å². The third kappa shape index (κ3) is 3.52. The second-order valence-electron chi connectivity index (χ2n) is 3.76. The van der Waals surface area contributed by atoms with Crippen LogP contribution in [0.2, 0.25) is 0 Å². The maximum Gasteiger partial charge on any atom is 0.105 e. The smallest absolute Gasteiger partial charge is 0.105 e. The Morgan fingerprint density at radius 3 is 2.93 bits per heavy atom. The van der Waals surface area contributed by atoms with E-state index in [1.54, 1.807) is 6.26 Å². The van der Waals surface area contributed by atoms with Crippen LogP contribution in [0.3, 0.4) is 0 Å². The molecule has 0 radical (unpaired) electrons. The van der Waals surface area contributed by atoms with Crippen LogP contribution in [0, 0.1) is 0 Å². The fraction of sp³-hybridized carbons (Fsp3) is 0.636. The summed E-state index contributed by atoms with van der Waals surface area (Å²) in [6, 6.07) is 4.46. The third-order valence-corrected chi connectivity index (χ3v) is 2.54. The molecule has 0 saturated heterocycles. The topological polar surface area (TPSA) is 42.4 Å². The number of hydrogen-bond donors (Lipinski definition) is 1. The molecule has 1 heterocycles. The molecule has 0 aliphatic heterocycles. The van der Waals surface area contributed by atoms with Crippen molar-refractivity contribution in [1.29, 1.82) is 0 Å². The second-order valence-corrected chi connectivity index (χ2v) is 3.76. The van der Waals surface area contributed by atoms with Gasteiger partial charge in [-0.05, 0) is 45.6 Å². The number of hydrogen-bond acceptors (Lipinski definition) is 3. The highest BCUT2D eigenvalue weighted by Gasteiger charge is 2.10. The summed E-state index contributed by atoms with van der Waals surface area (Å²) in [6.07, 6.45) is 3.75. The zero-order chi connectivity index (χ0) is 10.4. The number of nitrogens with zero attached hydrogens (tertiary/aromatic N) is 1. The Hall–Kier alpha value is -0.800. The minimum absolute atomic E-state index is 0.507. The van der Waals surface area contributed by atoms with Crippen LogP contribution in [-0.4, -0.2) is 31.1 Å². The number of furan rings is 1. The molecule has 3 nitrogen and oxygen atoms in total. The van der Waals surface area contributed by atoms with Crippen LogP contribution in [0.1, 0.15) is 19.1 Å². The molecule has 0 bridgehead atoms. The van der Waals surface area contributed by atoms with Gasteiger partial charge in [0.15, 0.2) is 0 Å². The molecule has 0 spiro atoms. The van der Waals surface area contributed by atoms with Crippen LogP contribution in [0.25, 0.3) is 0 Å². The van der Waals surface area contributed by atoms with E-state index in [2.05, 4.69) is 18.9 Å². The van der Waals surface area contributed by atoms with Crippen molar-refractivity contribution in [2.75, 3.05) is 20.1 Å². The normalized spacial score (nSPS) is 13.4. The van der Waals surface area contributed by atoms with Gasteiger partial charge in [0.2, 0.25) is 0 Å². The summed E-state index contributed by atoms with van der Waals surface area (Å²) in [4.78, 5) is 2.31. The van der Waals surface area contributed by atoms with Crippen molar-refractivity contribution in [2.45, 2.75) is 25.8 Å². The quantitative estimate of drug-likeness (QED) is 0.749. The molecule has 0 aliphatic carbocycles. The number of nitrogens with two attached hydrogens (primary N) is 1.